The Kier molecular flexibility index (Phi) is 6.45. The van der Waals surface area contributed by atoms with Gasteiger partial charge in [-0.05, 0) is 44.4 Å². The Bertz CT molecular complexity index is 805. The van der Waals surface area contributed by atoms with Gasteiger partial charge in [-0.3, -0.25) is 9.59 Å². The molecule has 1 aromatic heterocycles. The highest BCUT2D eigenvalue weighted by Crippen LogP contribution is 2.21. The van der Waals surface area contributed by atoms with E-state index in [1.54, 1.807) is 17.2 Å². The summed E-state index contributed by atoms with van der Waals surface area (Å²) in [7, 11) is 0. The Morgan fingerprint density at radius 1 is 1.37 bits per heavy atom. The molecule has 0 aliphatic carbocycles. The molecule has 0 saturated carbocycles. The first kappa shape index (κ1) is 19.4. The average molecular weight is 388 g/mol. The SMILES string of the molecule is CCOC(=O)C1CCCN(C(=O)c2csc(COc3cccc(C)c3)n2)C1. The third-order valence-electron chi connectivity index (χ3n) is 4.45. The van der Waals surface area contributed by atoms with Crippen molar-refractivity contribution in [3.8, 4) is 5.75 Å². The zero-order valence-electron chi connectivity index (χ0n) is 15.6. The van der Waals surface area contributed by atoms with Crippen LogP contribution in [-0.4, -0.2) is 41.5 Å². The molecule has 6 nitrogen and oxygen atoms in total. The van der Waals surface area contributed by atoms with Crippen LogP contribution in [0.1, 0.15) is 40.8 Å². The lowest BCUT2D eigenvalue weighted by Crippen LogP contribution is -2.43. The van der Waals surface area contributed by atoms with E-state index in [9.17, 15) is 9.59 Å². The predicted molar refractivity (Wildman–Crippen MR) is 103 cm³/mol. The maximum atomic E-state index is 12.7. The number of nitrogens with zero attached hydrogens (tertiary/aromatic N) is 2. The van der Waals surface area contributed by atoms with E-state index in [2.05, 4.69) is 4.98 Å². The second kappa shape index (κ2) is 8.99. The van der Waals surface area contributed by atoms with Crippen molar-refractivity contribution < 1.29 is 19.1 Å². The van der Waals surface area contributed by atoms with E-state index >= 15 is 0 Å². The fourth-order valence-corrected chi connectivity index (χ4v) is 3.78. The third kappa shape index (κ3) is 5.07. The van der Waals surface area contributed by atoms with Gasteiger partial charge in [0.1, 0.15) is 23.1 Å². The highest BCUT2D eigenvalue weighted by Gasteiger charge is 2.30. The maximum Gasteiger partial charge on any atom is 0.310 e. The number of ether oxygens (including phenoxy) is 2. The molecule has 1 saturated heterocycles. The molecule has 1 fully saturated rings. The standard InChI is InChI=1S/C20H24N2O4S/c1-3-25-20(24)15-7-5-9-22(11-15)19(23)17-13-27-18(21-17)12-26-16-8-4-6-14(2)10-16/h4,6,8,10,13,15H,3,5,7,9,11-12H2,1-2H3. The fourth-order valence-electron chi connectivity index (χ4n) is 3.10. The smallest absolute Gasteiger partial charge is 0.310 e. The lowest BCUT2D eigenvalue weighted by molar-refractivity contribution is -0.149. The van der Waals surface area contributed by atoms with E-state index in [-0.39, 0.29) is 17.8 Å². The number of aromatic nitrogens is 1. The van der Waals surface area contributed by atoms with Crippen LogP contribution >= 0.6 is 11.3 Å². The van der Waals surface area contributed by atoms with E-state index in [1.807, 2.05) is 31.2 Å². The monoisotopic (exact) mass is 388 g/mol. The van der Waals surface area contributed by atoms with Crippen LogP contribution in [-0.2, 0) is 16.1 Å². The molecule has 0 spiro atoms. The van der Waals surface area contributed by atoms with E-state index in [0.29, 0.717) is 32.0 Å². The van der Waals surface area contributed by atoms with Gasteiger partial charge in [0.15, 0.2) is 0 Å². The fraction of sp³-hybridized carbons (Fsp3) is 0.450. The Hall–Kier alpha value is -2.41. The van der Waals surface area contributed by atoms with Gasteiger partial charge in [-0.15, -0.1) is 11.3 Å². The number of amides is 1. The first-order valence-electron chi connectivity index (χ1n) is 9.16. The second-order valence-electron chi connectivity index (χ2n) is 6.57. The van der Waals surface area contributed by atoms with E-state index in [1.165, 1.54) is 11.3 Å². The first-order chi connectivity index (χ1) is 13.1. The molecular formula is C20H24N2O4S. The van der Waals surface area contributed by atoms with Gasteiger partial charge < -0.3 is 14.4 Å². The lowest BCUT2D eigenvalue weighted by Gasteiger charge is -2.31. The van der Waals surface area contributed by atoms with Crippen LogP contribution in [0.5, 0.6) is 5.75 Å². The van der Waals surface area contributed by atoms with Gasteiger partial charge in [0.25, 0.3) is 5.91 Å². The molecule has 1 atom stereocenters. The molecule has 1 aliphatic rings. The molecule has 3 rings (SSSR count). The van der Waals surface area contributed by atoms with Gasteiger partial charge in [0, 0.05) is 18.5 Å². The number of likely N-dealkylation sites (tertiary alicyclic amines) is 1. The van der Waals surface area contributed by atoms with Crippen LogP contribution in [0, 0.1) is 12.8 Å². The number of thiazole rings is 1. The molecule has 27 heavy (non-hydrogen) atoms. The molecule has 2 heterocycles. The van der Waals surface area contributed by atoms with Gasteiger partial charge in [0.05, 0.1) is 12.5 Å². The van der Waals surface area contributed by atoms with E-state index in [4.69, 9.17) is 9.47 Å². The summed E-state index contributed by atoms with van der Waals surface area (Å²) in [5, 5.41) is 2.50. The normalized spacial score (nSPS) is 16.8. The highest BCUT2D eigenvalue weighted by atomic mass is 32.1. The number of carbonyl (C=O) groups excluding carboxylic acids is 2. The van der Waals surface area contributed by atoms with Crippen molar-refractivity contribution in [2.45, 2.75) is 33.3 Å². The molecule has 1 unspecified atom stereocenters. The van der Waals surface area contributed by atoms with Crippen molar-refractivity contribution in [2.75, 3.05) is 19.7 Å². The molecular weight excluding hydrogens is 364 g/mol. The van der Waals surface area contributed by atoms with E-state index in [0.717, 1.165) is 29.2 Å². The molecule has 1 amide bonds. The quantitative estimate of drug-likeness (QED) is 0.709. The van der Waals surface area contributed by atoms with Gasteiger partial charge in [-0.1, -0.05) is 12.1 Å². The number of benzene rings is 1. The maximum absolute atomic E-state index is 12.7. The molecule has 144 valence electrons. The van der Waals surface area contributed by atoms with Gasteiger partial charge in [0.2, 0.25) is 0 Å². The summed E-state index contributed by atoms with van der Waals surface area (Å²) in [4.78, 5) is 30.8. The summed E-state index contributed by atoms with van der Waals surface area (Å²) in [6.45, 7) is 5.52. The number of piperidine rings is 1. The van der Waals surface area contributed by atoms with Gasteiger partial charge in [-0.2, -0.15) is 0 Å². The zero-order valence-corrected chi connectivity index (χ0v) is 16.5. The summed E-state index contributed by atoms with van der Waals surface area (Å²) in [6.07, 6.45) is 1.55. The summed E-state index contributed by atoms with van der Waals surface area (Å²) >= 11 is 1.41. The summed E-state index contributed by atoms with van der Waals surface area (Å²) < 4.78 is 10.8. The Morgan fingerprint density at radius 2 is 2.22 bits per heavy atom. The largest absolute Gasteiger partial charge is 0.486 e. The van der Waals surface area contributed by atoms with Crippen LogP contribution in [0.4, 0.5) is 0 Å². The van der Waals surface area contributed by atoms with Gasteiger partial charge >= 0.3 is 5.97 Å². The van der Waals surface area contributed by atoms with Crippen molar-refractivity contribution >= 4 is 23.2 Å². The zero-order chi connectivity index (χ0) is 19.2. The summed E-state index contributed by atoms with van der Waals surface area (Å²) in [5.41, 5.74) is 1.54. The number of hydrogen-bond acceptors (Lipinski definition) is 6. The number of hydrogen-bond donors (Lipinski definition) is 0. The minimum Gasteiger partial charge on any atom is -0.486 e. The summed E-state index contributed by atoms with van der Waals surface area (Å²) in [6, 6.07) is 7.81. The molecule has 7 heteroatoms. The van der Waals surface area contributed by atoms with Crippen molar-refractivity contribution in [3.05, 3.63) is 45.9 Å². The number of rotatable bonds is 6. The van der Waals surface area contributed by atoms with Crippen molar-refractivity contribution in [2.24, 2.45) is 5.92 Å². The first-order valence-corrected chi connectivity index (χ1v) is 10.0. The Balaban J connectivity index is 1.58. The topological polar surface area (TPSA) is 68.7 Å². The molecule has 0 N–H and O–H groups in total. The average Bonchev–Trinajstić information content (AvgIpc) is 3.15. The van der Waals surface area contributed by atoms with E-state index < -0.39 is 0 Å². The minimum atomic E-state index is -0.245. The molecule has 0 radical (unpaired) electrons. The Morgan fingerprint density at radius 3 is 3.00 bits per heavy atom. The van der Waals surface area contributed by atoms with Crippen molar-refractivity contribution in [1.82, 2.24) is 9.88 Å². The number of aryl methyl sites for hydroxylation is 1. The molecule has 2 aromatic rings. The number of carbonyl (C=O) groups is 2. The molecule has 1 aromatic carbocycles. The Labute approximate surface area is 163 Å². The third-order valence-corrected chi connectivity index (χ3v) is 5.27. The minimum absolute atomic E-state index is 0.137. The van der Waals surface area contributed by atoms with Crippen LogP contribution in [0.25, 0.3) is 0 Å². The predicted octanol–water partition coefficient (Wildman–Crippen LogP) is 3.45. The van der Waals surface area contributed by atoms with Crippen LogP contribution in [0.15, 0.2) is 29.6 Å². The van der Waals surface area contributed by atoms with Crippen LogP contribution in [0.2, 0.25) is 0 Å². The second-order valence-corrected chi connectivity index (χ2v) is 7.52. The highest BCUT2D eigenvalue weighted by molar-refractivity contribution is 7.09. The lowest BCUT2D eigenvalue weighted by atomic mass is 9.98. The van der Waals surface area contributed by atoms with Crippen LogP contribution in [0.3, 0.4) is 0 Å². The molecule has 0 bridgehead atoms. The number of esters is 1. The van der Waals surface area contributed by atoms with Gasteiger partial charge in [-0.25, -0.2) is 4.98 Å². The van der Waals surface area contributed by atoms with Crippen molar-refractivity contribution in [1.29, 1.82) is 0 Å². The van der Waals surface area contributed by atoms with Crippen LogP contribution < -0.4 is 4.74 Å². The summed E-state index contributed by atoms with van der Waals surface area (Å²) in [5.74, 6) is 0.180. The van der Waals surface area contributed by atoms with Crippen molar-refractivity contribution in [3.63, 3.8) is 0 Å². The molecule has 1 aliphatic heterocycles.